The molecule has 1 aliphatic heterocycles. The lowest BCUT2D eigenvalue weighted by molar-refractivity contribution is -0.133. The molecule has 2 aromatic rings. The summed E-state index contributed by atoms with van der Waals surface area (Å²) in [6.45, 7) is 2.07. The van der Waals surface area contributed by atoms with Crippen molar-refractivity contribution in [1.29, 1.82) is 0 Å². The summed E-state index contributed by atoms with van der Waals surface area (Å²) in [6.07, 6.45) is 6.22. The summed E-state index contributed by atoms with van der Waals surface area (Å²) in [4.78, 5) is 26.4. The van der Waals surface area contributed by atoms with E-state index in [2.05, 4.69) is 17.4 Å². The maximum atomic E-state index is 12.9. The van der Waals surface area contributed by atoms with E-state index in [1.807, 2.05) is 41.3 Å². The molecule has 0 saturated heterocycles. The minimum Gasteiger partial charge on any atom is -0.494 e. The molecule has 2 amide bonds. The highest BCUT2D eigenvalue weighted by Crippen LogP contribution is 2.28. The van der Waals surface area contributed by atoms with Gasteiger partial charge in [0.25, 0.3) is 0 Å². The highest BCUT2D eigenvalue weighted by molar-refractivity contribution is 5.94. The number of anilines is 1. The van der Waals surface area contributed by atoms with Crippen molar-refractivity contribution in [2.45, 2.75) is 51.5 Å². The van der Waals surface area contributed by atoms with Gasteiger partial charge in [0.1, 0.15) is 5.75 Å². The molecule has 0 bridgehead atoms. The van der Waals surface area contributed by atoms with Crippen LogP contribution in [0.4, 0.5) is 5.69 Å². The maximum Gasteiger partial charge on any atom is 0.224 e. The van der Waals surface area contributed by atoms with E-state index in [1.54, 1.807) is 0 Å². The zero-order valence-electron chi connectivity index (χ0n) is 17.4. The summed E-state index contributed by atoms with van der Waals surface area (Å²) >= 11 is 0. The first kappa shape index (κ1) is 20.5. The monoisotopic (exact) mass is 406 g/mol. The largest absolute Gasteiger partial charge is 0.494 e. The molecule has 1 saturated carbocycles. The van der Waals surface area contributed by atoms with Crippen LogP contribution in [0.2, 0.25) is 0 Å². The van der Waals surface area contributed by atoms with Gasteiger partial charge in [0.15, 0.2) is 0 Å². The van der Waals surface area contributed by atoms with Gasteiger partial charge >= 0.3 is 0 Å². The lowest BCUT2D eigenvalue weighted by Gasteiger charge is -2.32. The first-order chi connectivity index (χ1) is 14.7. The Morgan fingerprint density at radius 2 is 1.93 bits per heavy atom. The van der Waals surface area contributed by atoms with Crippen LogP contribution in [0.25, 0.3) is 0 Å². The molecule has 158 valence electrons. The molecule has 0 unspecified atom stereocenters. The Hall–Kier alpha value is -2.82. The first-order valence-corrected chi connectivity index (χ1v) is 11.0. The Labute approximate surface area is 178 Å². The maximum absolute atomic E-state index is 12.9. The van der Waals surface area contributed by atoms with E-state index < -0.39 is 0 Å². The normalized spacial score (nSPS) is 15.7. The molecule has 0 aromatic heterocycles. The van der Waals surface area contributed by atoms with Crippen molar-refractivity contribution in [1.82, 2.24) is 4.90 Å². The number of carbonyl (C=O) groups excluding carboxylic acids is 2. The molecule has 0 radical (unpaired) electrons. The van der Waals surface area contributed by atoms with Crippen LogP contribution in [0.3, 0.4) is 0 Å². The second-order valence-electron chi connectivity index (χ2n) is 8.38. The number of nitrogens with one attached hydrogen (secondary N) is 1. The van der Waals surface area contributed by atoms with E-state index in [0.29, 0.717) is 38.3 Å². The van der Waals surface area contributed by atoms with E-state index in [9.17, 15) is 9.59 Å². The lowest BCUT2D eigenvalue weighted by atomic mass is 9.85. The predicted molar refractivity (Wildman–Crippen MR) is 117 cm³/mol. The fourth-order valence-electron chi connectivity index (χ4n) is 4.07. The summed E-state index contributed by atoms with van der Waals surface area (Å²) < 4.78 is 5.88. The third-order valence-corrected chi connectivity index (χ3v) is 6.05. The third kappa shape index (κ3) is 5.41. The van der Waals surface area contributed by atoms with E-state index in [4.69, 9.17) is 4.74 Å². The minimum absolute atomic E-state index is 0.0663. The standard InChI is InChI=1S/C25H30N2O3/c28-24-14-11-21-16-22(12-13-23(21)26-24)30-15-5-10-25(29)27(18-20-8-4-9-20)17-19-6-2-1-3-7-19/h1-3,6-7,12-13,16,20H,4-5,8-11,14-15,17-18H2,(H,26,28). The van der Waals surface area contributed by atoms with E-state index in [1.165, 1.54) is 24.8 Å². The Balaban J connectivity index is 1.26. The molecule has 1 N–H and O–H groups in total. The van der Waals surface area contributed by atoms with Crippen molar-refractivity contribution in [3.05, 3.63) is 59.7 Å². The SMILES string of the molecule is O=C1CCc2cc(OCCCC(=O)N(Cc3ccccc3)CC3CCC3)ccc2N1. The summed E-state index contributed by atoms with van der Waals surface area (Å²) in [7, 11) is 0. The summed E-state index contributed by atoms with van der Waals surface area (Å²) in [5.41, 5.74) is 3.17. The summed E-state index contributed by atoms with van der Waals surface area (Å²) in [6, 6.07) is 16.0. The van der Waals surface area contributed by atoms with Crippen molar-refractivity contribution >= 4 is 17.5 Å². The molecular weight excluding hydrogens is 376 g/mol. The van der Waals surface area contributed by atoms with Crippen LogP contribution in [0.5, 0.6) is 5.75 Å². The Kier molecular flexibility index (Phi) is 6.67. The molecule has 5 nitrogen and oxygen atoms in total. The average molecular weight is 407 g/mol. The molecular formula is C25H30N2O3. The van der Waals surface area contributed by atoms with Crippen molar-refractivity contribution in [3.63, 3.8) is 0 Å². The van der Waals surface area contributed by atoms with Crippen molar-refractivity contribution in [2.24, 2.45) is 5.92 Å². The fourth-order valence-corrected chi connectivity index (χ4v) is 4.07. The van der Waals surface area contributed by atoms with Gasteiger partial charge in [0.05, 0.1) is 6.61 Å². The Morgan fingerprint density at radius 1 is 1.10 bits per heavy atom. The van der Waals surface area contributed by atoms with Gasteiger partial charge < -0.3 is 15.0 Å². The molecule has 1 heterocycles. The molecule has 2 aliphatic rings. The number of amides is 2. The molecule has 30 heavy (non-hydrogen) atoms. The van der Waals surface area contributed by atoms with Gasteiger partial charge in [0.2, 0.25) is 11.8 Å². The van der Waals surface area contributed by atoms with Gasteiger partial charge in [0, 0.05) is 31.6 Å². The molecule has 0 spiro atoms. The van der Waals surface area contributed by atoms with Gasteiger partial charge in [-0.25, -0.2) is 0 Å². The molecule has 5 heteroatoms. The Bertz CT molecular complexity index is 877. The predicted octanol–water partition coefficient (Wildman–Crippen LogP) is 4.56. The summed E-state index contributed by atoms with van der Waals surface area (Å²) in [5, 5.41) is 2.88. The van der Waals surface area contributed by atoms with Crippen LogP contribution in [0.15, 0.2) is 48.5 Å². The molecule has 0 atom stereocenters. The molecule has 1 aliphatic carbocycles. The minimum atomic E-state index is 0.0663. The number of nitrogens with zero attached hydrogens (tertiary/aromatic N) is 1. The van der Waals surface area contributed by atoms with Crippen LogP contribution in [-0.2, 0) is 22.6 Å². The van der Waals surface area contributed by atoms with Crippen molar-refractivity contribution in [3.8, 4) is 5.75 Å². The zero-order valence-corrected chi connectivity index (χ0v) is 17.4. The van der Waals surface area contributed by atoms with Crippen molar-refractivity contribution < 1.29 is 14.3 Å². The van der Waals surface area contributed by atoms with Crippen LogP contribution >= 0.6 is 0 Å². The van der Waals surface area contributed by atoms with Gasteiger partial charge in [-0.3, -0.25) is 9.59 Å². The number of rotatable bonds is 9. The number of hydrogen-bond donors (Lipinski definition) is 1. The van der Waals surface area contributed by atoms with E-state index >= 15 is 0 Å². The fraction of sp³-hybridized carbons (Fsp3) is 0.440. The first-order valence-electron chi connectivity index (χ1n) is 11.0. The number of ether oxygens (including phenoxy) is 1. The van der Waals surface area contributed by atoms with Gasteiger partial charge in [-0.15, -0.1) is 0 Å². The summed E-state index contributed by atoms with van der Waals surface area (Å²) in [5.74, 6) is 1.73. The van der Waals surface area contributed by atoms with Crippen LogP contribution < -0.4 is 10.1 Å². The highest BCUT2D eigenvalue weighted by Gasteiger charge is 2.23. The number of carbonyl (C=O) groups is 2. The number of aryl methyl sites for hydroxylation is 1. The number of fused-ring (bicyclic) bond motifs is 1. The van der Waals surface area contributed by atoms with Crippen molar-refractivity contribution in [2.75, 3.05) is 18.5 Å². The molecule has 4 rings (SSSR count). The number of hydrogen-bond acceptors (Lipinski definition) is 3. The van der Waals surface area contributed by atoms with Gasteiger partial charge in [-0.1, -0.05) is 36.8 Å². The number of benzene rings is 2. The van der Waals surface area contributed by atoms with E-state index in [-0.39, 0.29) is 11.8 Å². The lowest BCUT2D eigenvalue weighted by Crippen LogP contribution is -2.37. The van der Waals surface area contributed by atoms with Crippen LogP contribution in [-0.4, -0.2) is 29.9 Å². The second-order valence-corrected chi connectivity index (χ2v) is 8.38. The topological polar surface area (TPSA) is 58.6 Å². The molecule has 1 fully saturated rings. The molecule has 2 aromatic carbocycles. The van der Waals surface area contributed by atoms with Crippen LogP contribution in [0.1, 0.15) is 49.7 Å². The van der Waals surface area contributed by atoms with E-state index in [0.717, 1.165) is 30.0 Å². The second kappa shape index (κ2) is 9.79. The third-order valence-electron chi connectivity index (χ3n) is 6.05. The highest BCUT2D eigenvalue weighted by atomic mass is 16.5. The van der Waals surface area contributed by atoms with Gasteiger partial charge in [-0.2, -0.15) is 0 Å². The quantitative estimate of drug-likeness (QED) is 0.621. The van der Waals surface area contributed by atoms with Crippen LogP contribution in [0, 0.1) is 5.92 Å². The smallest absolute Gasteiger partial charge is 0.224 e. The zero-order chi connectivity index (χ0) is 20.8. The van der Waals surface area contributed by atoms with Gasteiger partial charge in [-0.05, 0) is 60.9 Å². The Morgan fingerprint density at radius 3 is 2.70 bits per heavy atom. The average Bonchev–Trinajstić information content (AvgIpc) is 2.73.